The van der Waals surface area contributed by atoms with Crippen molar-refractivity contribution >= 4 is 22.9 Å². The van der Waals surface area contributed by atoms with Crippen molar-refractivity contribution in [2.24, 2.45) is 0 Å². The summed E-state index contributed by atoms with van der Waals surface area (Å²) in [4.78, 5) is 14.9. The maximum absolute atomic E-state index is 13.0. The predicted octanol–water partition coefficient (Wildman–Crippen LogP) is 3.60. The van der Waals surface area contributed by atoms with Gasteiger partial charge in [0.15, 0.2) is 5.75 Å². The van der Waals surface area contributed by atoms with Gasteiger partial charge in [-0.25, -0.2) is 0 Å². The lowest BCUT2D eigenvalue weighted by molar-refractivity contribution is 0.0328. The van der Waals surface area contributed by atoms with Gasteiger partial charge in [0.2, 0.25) is 0 Å². The molecule has 5 rings (SSSR count). The SMILES string of the molecule is CC(C)(C)n1cc2c(n1)C=CC1(CCN(C(=O)c3ccc4[nH]ncc4c3)CC1)O2. The average Bonchev–Trinajstić information content (AvgIpc) is 3.33. The summed E-state index contributed by atoms with van der Waals surface area (Å²) in [6.07, 6.45) is 9.44. The number of aromatic nitrogens is 4. The van der Waals surface area contributed by atoms with E-state index in [1.807, 2.05) is 34.0 Å². The number of fused-ring (bicyclic) bond motifs is 2. The van der Waals surface area contributed by atoms with Gasteiger partial charge in [-0.05, 0) is 51.1 Å². The number of carbonyl (C=O) groups is 1. The summed E-state index contributed by atoms with van der Waals surface area (Å²) < 4.78 is 8.35. The summed E-state index contributed by atoms with van der Waals surface area (Å²) in [5.41, 5.74) is 2.06. The summed E-state index contributed by atoms with van der Waals surface area (Å²) in [7, 11) is 0. The van der Waals surface area contributed by atoms with Crippen molar-refractivity contribution in [1.29, 1.82) is 0 Å². The molecule has 0 aliphatic carbocycles. The second-order valence-corrected chi connectivity index (χ2v) is 8.96. The van der Waals surface area contributed by atoms with E-state index in [0.717, 1.165) is 35.2 Å². The first-order valence-corrected chi connectivity index (χ1v) is 10.0. The van der Waals surface area contributed by atoms with Crippen molar-refractivity contribution in [2.75, 3.05) is 13.1 Å². The minimum Gasteiger partial charge on any atom is -0.479 e. The number of hydrogen-bond acceptors (Lipinski definition) is 4. The molecule has 2 aliphatic heterocycles. The van der Waals surface area contributed by atoms with E-state index >= 15 is 0 Å². The van der Waals surface area contributed by atoms with E-state index in [1.54, 1.807) is 6.20 Å². The Morgan fingerprint density at radius 2 is 2.03 bits per heavy atom. The summed E-state index contributed by atoms with van der Waals surface area (Å²) in [5, 5.41) is 12.5. The van der Waals surface area contributed by atoms with Crippen LogP contribution in [0.4, 0.5) is 0 Å². The fraction of sp³-hybridized carbons (Fsp3) is 0.409. The Morgan fingerprint density at radius 3 is 2.79 bits per heavy atom. The summed E-state index contributed by atoms with van der Waals surface area (Å²) in [6, 6.07) is 5.66. The molecule has 0 bridgehead atoms. The van der Waals surface area contributed by atoms with E-state index in [1.165, 1.54) is 0 Å². The topological polar surface area (TPSA) is 76.0 Å². The van der Waals surface area contributed by atoms with E-state index in [2.05, 4.69) is 48.2 Å². The summed E-state index contributed by atoms with van der Waals surface area (Å²) >= 11 is 0. The average molecular weight is 391 g/mol. The molecule has 0 unspecified atom stereocenters. The van der Waals surface area contributed by atoms with Crippen molar-refractivity contribution in [3.63, 3.8) is 0 Å². The van der Waals surface area contributed by atoms with Crippen LogP contribution in [0.5, 0.6) is 5.75 Å². The number of nitrogens with zero attached hydrogens (tertiary/aromatic N) is 4. The highest BCUT2D eigenvalue weighted by Gasteiger charge is 2.39. The molecule has 2 aromatic heterocycles. The normalized spacial score (nSPS) is 18.1. The molecule has 1 aromatic carbocycles. The highest BCUT2D eigenvalue weighted by Crippen LogP contribution is 2.37. The van der Waals surface area contributed by atoms with Crippen LogP contribution in [-0.2, 0) is 5.54 Å². The molecule has 2 aliphatic rings. The highest BCUT2D eigenvalue weighted by molar-refractivity contribution is 5.98. The molecule has 1 N–H and O–H groups in total. The molecule has 1 saturated heterocycles. The Kier molecular flexibility index (Phi) is 3.84. The van der Waals surface area contributed by atoms with Gasteiger partial charge in [0.05, 0.1) is 23.4 Å². The zero-order valence-corrected chi connectivity index (χ0v) is 17.0. The molecule has 3 aromatic rings. The third-order valence-electron chi connectivity index (χ3n) is 5.84. The Hall–Kier alpha value is -3.09. The largest absolute Gasteiger partial charge is 0.479 e. The molecule has 7 nitrogen and oxygen atoms in total. The van der Waals surface area contributed by atoms with Crippen molar-refractivity contribution in [3.05, 3.63) is 47.9 Å². The number of H-pyrrole nitrogens is 1. The molecule has 0 saturated carbocycles. The predicted molar refractivity (Wildman–Crippen MR) is 111 cm³/mol. The minimum absolute atomic E-state index is 0.0592. The standard InChI is InChI=1S/C22H25N5O2/c1-21(2,3)27-14-19-18(25-27)6-7-22(29-19)8-10-26(11-9-22)20(28)15-4-5-17-16(12-15)13-23-24-17/h4-7,12-14H,8-11H2,1-3H3,(H,23,24). The van der Waals surface area contributed by atoms with Crippen LogP contribution in [0.15, 0.2) is 36.7 Å². The number of amides is 1. The number of benzene rings is 1. The van der Waals surface area contributed by atoms with Gasteiger partial charge in [-0.1, -0.05) is 0 Å². The van der Waals surface area contributed by atoms with E-state index in [0.29, 0.717) is 18.7 Å². The second kappa shape index (κ2) is 6.20. The van der Waals surface area contributed by atoms with Crippen molar-refractivity contribution in [3.8, 4) is 5.75 Å². The number of ether oxygens (including phenoxy) is 1. The number of carbonyl (C=O) groups excluding carboxylic acids is 1. The molecule has 29 heavy (non-hydrogen) atoms. The maximum Gasteiger partial charge on any atom is 0.253 e. The molecular formula is C22H25N5O2. The minimum atomic E-state index is -0.357. The van der Waals surface area contributed by atoms with Crippen LogP contribution in [0.1, 0.15) is 49.7 Å². The van der Waals surface area contributed by atoms with Gasteiger partial charge in [0.1, 0.15) is 11.3 Å². The lowest BCUT2D eigenvalue weighted by Crippen LogP contribution is -2.49. The van der Waals surface area contributed by atoms with Crippen LogP contribution in [0.3, 0.4) is 0 Å². The fourth-order valence-corrected chi connectivity index (χ4v) is 4.01. The second-order valence-electron chi connectivity index (χ2n) is 8.96. The first-order valence-electron chi connectivity index (χ1n) is 10.0. The van der Waals surface area contributed by atoms with Crippen LogP contribution >= 0.6 is 0 Å². The lowest BCUT2D eigenvalue weighted by Gasteiger charge is -2.41. The smallest absolute Gasteiger partial charge is 0.253 e. The molecule has 0 radical (unpaired) electrons. The van der Waals surface area contributed by atoms with E-state index in [4.69, 9.17) is 4.74 Å². The van der Waals surface area contributed by atoms with Crippen LogP contribution < -0.4 is 4.74 Å². The van der Waals surface area contributed by atoms with Gasteiger partial charge in [0, 0.05) is 36.9 Å². The highest BCUT2D eigenvalue weighted by atomic mass is 16.5. The fourth-order valence-electron chi connectivity index (χ4n) is 4.01. The van der Waals surface area contributed by atoms with Gasteiger partial charge >= 0.3 is 0 Å². The molecular weight excluding hydrogens is 366 g/mol. The molecule has 0 atom stereocenters. The first-order chi connectivity index (χ1) is 13.8. The van der Waals surface area contributed by atoms with Crippen LogP contribution in [0, 0.1) is 0 Å². The molecule has 7 heteroatoms. The number of piperidine rings is 1. The van der Waals surface area contributed by atoms with Crippen LogP contribution in [-0.4, -0.2) is 49.5 Å². The maximum atomic E-state index is 13.0. The lowest BCUT2D eigenvalue weighted by atomic mass is 9.88. The third-order valence-corrected chi connectivity index (χ3v) is 5.84. The van der Waals surface area contributed by atoms with Gasteiger partial charge in [0.25, 0.3) is 5.91 Å². The number of nitrogens with one attached hydrogen (secondary N) is 1. The van der Waals surface area contributed by atoms with Gasteiger partial charge in [-0.15, -0.1) is 0 Å². The summed E-state index contributed by atoms with van der Waals surface area (Å²) in [5.74, 6) is 0.886. The zero-order valence-electron chi connectivity index (χ0n) is 17.0. The van der Waals surface area contributed by atoms with Crippen LogP contribution in [0.2, 0.25) is 0 Å². The van der Waals surface area contributed by atoms with E-state index < -0.39 is 0 Å². The Balaban J connectivity index is 1.30. The number of hydrogen-bond donors (Lipinski definition) is 1. The van der Waals surface area contributed by atoms with Gasteiger partial charge < -0.3 is 9.64 Å². The Bertz CT molecular complexity index is 1110. The quantitative estimate of drug-likeness (QED) is 0.688. The number of rotatable bonds is 1. The third kappa shape index (κ3) is 3.10. The van der Waals surface area contributed by atoms with E-state index in [-0.39, 0.29) is 17.0 Å². The molecule has 1 amide bonds. The number of aromatic amines is 1. The molecule has 1 spiro atoms. The van der Waals surface area contributed by atoms with Crippen molar-refractivity contribution < 1.29 is 9.53 Å². The van der Waals surface area contributed by atoms with Crippen LogP contribution in [0.25, 0.3) is 17.0 Å². The molecule has 1 fully saturated rings. The Morgan fingerprint density at radius 1 is 1.24 bits per heavy atom. The van der Waals surface area contributed by atoms with Gasteiger partial charge in [-0.3, -0.25) is 14.6 Å². The summed E-state index contributed by atoms with van der Waals surface area (Å²) in [6.45, 7) is 7.69. The zero-order chi connectivity index (χ0) is 20.2. The molecule has 4 heterocycles. The monoisotopic (exact) mass is 391 g/mol. The molecule has 150 valence electrons. The first kappa shape index (κ1) is 18.0. The number of likely N-dealkylation sites (tertiary alicyclic amines) is 1. The van der Waals surface area contributed by atoms with Crippen molar-refractivity contribution in [2.45, 2.75) is 44.8 Å². The Labute approximate surface area is 169 Å². The van der Waals surface area contributed by atoms with Gasteiger partial charge in [-0.2, -0.15) is 10.2 Å². The van der Waals surface area contributed by atoms with E-state index in [9.17, 15) is 4.79 Å². The van der Waals surface area contributed by atoms with Crippen molar-refractivity contribution in [1.82, 2.24) is 24.9 Å².